The summed E-state index contributed by atoms with van der Waals surface area (Å²) in [6.07, 6.45) is 0. The Bertz CT molecular complexity index is 258. The summed E-state index contributed by atoms with van der Waals surface area (Å²) in [7, 11) is -3.81. The molecule has 1 rings (SSSR count). The van der Waals surface area contributed by atoms with E-state index in [-0.39, 0.29) is 5.75 Å². The van der Waals surface area contributed by atoms with Crippen LogP contribution in [0.15, 0.2) is 0 Å². The van der Waals surface area contributed by atoms with E-state index in [9.17, 15) is 8.42 Å². The minimum atomic E-state index is -3.81. The van der Waals surface area contributed by atoms with Crippen LogP contribution in [0.3, 0.4) is 0 Å². The van der Waals surface area contributed by atoms with Gasteiger partial charge in [0.2, 0.25) is 0 Å². The van der Waals surface area contributed by atoms with Crippen molar-refractivity contribution >= 4 is 10.1 Å². The standard InChI is InChI=1S/C8H17N2O3S/c1-2-9-3-5-10(6-4-9)7-8-14(11,12)13/h1-8H2,(H,11,12,13)/q-1. The van der Waals surface area contributed by atoms with E-state index >= 15 is 0 Å². The molecule has 0 spiro atoms. The molecule has 1 N–H and O–H groups in total. The maximum atomic E-state index is 10.5. The minimum Gasteiger partial charge on any atom is -0.330 e. The summed E-state index contributed by atoms with van der Waals surface area (Å²) in [6, 6.07) is 0. The SMILES string of the molecule is [CH2-]CN1CCN(CCS(=O)(=O)O)CC1. The van der Waals surface area contributed by atoms with Gasteiger partial charge in [-0.2, -0.15) is 8.42 Å². The molecule has 1 fully saturated rings. The van der Waals surface area contributed by atoms with E-state index < -0.39 is 10.1 Å². The molecule has 0 aromatic rings. The third-order valence-electron chi connectivity index (χ3n) is 2.45. The summed E-state index contributed by atoms with van der Waals surface area (Å²) < 4.78 is 29.6. The van der Waals surface area contributed by atoms with Gasteiger partial charge in [0.05, 0.1) is 5.75 Å². The maximum Gasteiger partial charge on any atom is 0.266 e. The summed E-state index contributed by atoms with van der Waals surface area (Å²) in [5, 5.41) is 0. The Morgan fingerprint density at radius 1 is 1.14 bits per heavy atom. The molecule has 84 valence electrons. The average molecular weight is 221 g/mol. The molecule has 0 radical (unpaired) electrons. The van der Waals surface area contributed by atoms with Crippen LogP contribution in [0.2, 0.25) is 0 Å². The van der Waals surface area contributed by atoms with E-state index in [2.05, 4.69) is 11.8 Å². The smallest absolute Gasteiger partial charge is 0.266 e. The molecule has 0 bridgehead atoms. The molecule has 0 aliphatic carbocycles. The minimum absolute atomic E-state index is 0.169. The number of hydrogen-bond acceptors (Lipinski definition) is 4. The lowest BCUT2D eigenvalue weighted by molar-refractivity contribution is 0.147. The topological polar surface area (TPSA) is 60.9 Å². The summed E-state index contributed by atoms with van der Waals surface area (Å²) in [5.74, 6) is -0.169. The normalized spacial score (nSPS) is 21.3. The average Bonchev–Trinajstić information content (AvgIpc) is 2.14. The van der Waals surface area contributed by atoms with Gasteiger partial charge in [-0.25, -0.2) is 0 Å². The van der Waals surface area contributed by atoms with Gasteiger partial charge >= 0.3 is 0 Å². The molecule has 0 amide bonds. The lowest BCUT2D eigenvalue weighted by atomic mass is 10.3. The van der Waals surface area contributed by atoms with Gasteiger partial charge in [0.25, 0.3) is 10.1 Å². The highest BCUT2D eigenvalue weighted by Gasteiger charge is 2.15. The van der Waals surface area contributed by atoms with Gasteiger partial charge in [-0.3, -0.25) is 9.45 Å². The Labute approximate surface area is 85.4 Å². The largest absolute Gasteiger partial charge is 0.330 e. The van der Waals surface area contributed by atoms with E-state index in [1.165, 1.54) is 0 Å². The predicted octanol–water partition coefficient (Wildman–Crippen LogP) is -0.674. The van der Waals surface area contributed by atoms with Gasteiger partial charge in [0, 0.05) is 32.7 Å². The molecule has 1 aliphatic heterocycles. The molecule has 6 heteroatoms. The highest BCUT2D eigenvalue weighted by atomic mass is 32.2. The summed E-state index contributed by atoms with van der Waals surface area (Å²) >= 11 is 0. The Morgan fingerprint density at radius 3 is 2.07 bits per heavy atom. The quantitative estimate of drug-likeness (QED) is 0.504. The molecule has 1 aliphatic rings. The van der Waals surface area contributed by atoms with Gasteiger partial charge in [-0.15, -0.1) is 6.54 Å². The van der Waals surface area contributed by atoms with E-state index in [0.717, 1.165) is 32.7 Å². The van der Waals surface area contributed by atoms with Crippen LogP contribution in [0.25, 0.3) is 0 Å². The Hall–Kier alpha value is -0.170. The van der Waals surface area contributed by atoms with Crippen LogP contribution in [0.1, 0.15) is 0 Å². The van der Waals surface area contributed by atoms with E-state index in [0.29, 0.717) is 6.54 Å². The van der Waals surface area contributed by atoms with Gasteiger partial charge in [0.15, 0.2) is 0 Å². The van der Waals surface area contributed by atoms with Crippen molar-refractivity contribution in [3.05, 3.63) is 6.92 Å². The predicted molar refractivity (Wildman–Crippen MR) is 54.7 cm³/mol. The van der Waals surface area contributed by atoms with E-state index in [4.69, 9.17) is 4.55 Å². The molecule has 0 unspecified atom stereocenters. The monoisotopic (exact) mass is 221 g/mol. The summed E-state index contributed by atoms with van der Waals surface area (Å²) in [5.41, 5.74) is 0. The lowest BCUT2D eigenvalue weighted by Crippen LogP contribution is -2.47. The van der Waals surface area contributed by atoms with Crippen LogP contribution in [-0.2, 0) is 10.1 Å². The fourth-order valence-electron chi connectivity index (χ4n) is 1.48. The number of piperazine rings is 1. The van der Waals surface area contributed by atoms with Crippen molar-refractivity contribution in [1.82, 2.24) is 9.80 Å². The Morgan fingerprint density at radius 2 is 1.64 bits per heavy atom. The number of rotatable bonds is 4. The fourth-order valence-corrected chi connectivity index (χ4v) is 1.97. The second-order valence-corrected chi connectivity index (χ2v) is 5.04. The van der Waals surface area contributed by atoms with Crippen molar-refractivity contribution < 1.29 is 13.0 Å². The molecule has 0 aromatic heterocycles. The molecular formula is C8H17N2O3S-. The molecule has 5 nitrogen and oxygen atoms in total. The highest BCUT2D eigenvalue weighted by Crippen LogP contribution is 2.00. The van der Waals surface area contributed by atoms with Crippen LogP contribution in [0.5, 0.6) is 0 Å². The molecular weight excluding hydrogens is 204 g/mol. The molecule has 0 saturated carbocycles. The van der Waals surface area contributed by atoms with Crippen LogP contribution in [-0.4, -0.2) is 67.8 Å². The van der Waals surface area contributed by atoms with Crippen LogP contribution in [0.4, 0.5) is 0 Å². The zero-order chi connectivity index (χ0) is 10.6. The third-order valence-corrected chi connectivity index (χ3v) is 3.15. The van der Waals surface area contributed by atoms with Crippen molar-refractivity contribution in [2.24, 2.45) is 0 Å². The van der Waals surface area contributed by atoms with Crippen molar-refractivity contribution in [1.29, 1.82) is 0 Å². The summed E-state index contributed by atoms with van der Waals surface area (Å²) in [6.45, 7) is 8.56. The molecule has 14 heavy (non-hydrogen) atoms. The second kappa shape index (κ2) is 5.06. The molecule has 0 aromatic carbocycles. The van der Waals surface area contributed by atoms with Crippen LogP contribution >= 0.6 is 0 Å². The zero-order valence-electron chi connectivity index (χ0n) is 8.22. The van der Waals surface area contributed by atoms with Crippen molar-refractivity contribution in [3.63, 3.8) is 0 Å². The van der Waals surface area contributed by atoms with Crippen molar-refractivity contribution in [2.45, 2.75) is 0 Å². The first kappa shape index (κ1) is 11.9. The molecule has 0 atom stereocenters. The number of hydrogen-bond donors (Lipinski definition) is 1. The molecule has 1 saturated heterocycles. The molecule has 1 heterocycles. The second-order valence-electron chi connectivity index (χ2n) is 3.47. The highest BCUT2D eigenvalue weighted by molar-refractivity contribution is 7.85. The maximum absolute atomic E-state index is 10.5. The van der Waals surface area contributed by atoms with Crippen molar-refractivity contribution in [2.75, 3.05) is 45.0 Å². The summed E-state index contributed by atoms with van der Waals surface area (Å²) in [4.78, 5) is 4.25. The van der Waals surface area contributed by atoms with E-state index in [1.807, 2.05) is 4.90 Å². The number of nitrogens with zero attached hydrogens (tertiary/aromatic N) is 2. The van der Waals surface area contributed by atoms with Gasteiger partial charge in [-0.1, -0.05) is 0 Å². The Kier molecular flexibility index (Phi) is 4.31. The van der Waals surface area contributed by atoms with Crippen molar-refractivity contribution in [3.8, 4) is 0 Å². The van der Waals surface area contributed by atoms with Gasteiger partial charge in [-0.05, 0) is 0 Å². The first-order valence-corrected chi connectivity index (χ1v) is 6.31. The lowest BCUT2D eigenvalue weighted by Gasteiger charge is -2.35. The fraction of sp³-hybridized carbons (Fsp3) is 0.875. The zero-order valence-corrected chi connectivity index (χ0v) is 9.04. The van der Waals surface area contributed by atoms with Gasteiger partial charge < -0.3 is 11.8 Å². The van der Waals surface area contributed by atoms with Gasteiger partial charge in [0.1, 0.15) is 0 Å². The van der Waals surface area contributed by atoms with E-state index in [1.54, 1.807) is 0 Å². The third kappa shape index (κ3) is 4.36. The first-order chi connectivity index (χ1) is 6.51. The Balaban J connectivity index is 2.23. The van der Waals surface area contributed by atoms with Crippen LogP contribution in [0, 0.1) is 6.92 Å². The first-order valence-electron chi connectivity index (χ1n) is 4.70. The van der Waals surface area contributed by atoms with Crippen LogP contribution < -0.4 is 0 Å².